The summed E-state index contributed by atoms with van der Waals surface area (Å²) in [6, 6.07) is 5.41. The molecule has 6 nitrogen and oxygen atoms in total. The molecule has 0 aliphatic rings. The van der Waals surface area contributed by atoms with Crippen LogP contribution >= 0.6 is 11.5 Å². The van der Waals surface area contributed by atoms with Crippen LogP contribution in [0.1, 0.15) is 15.4 Å². The summed E-state index contributed by atoms with van der Waals surface area (Å²) in [5.41, 5.74) is 0.743. The maximum atomic E-state index is 12.9. The summed E-state index contributed by atoms with van der Waals surface area (Å²) in [6.45, 7) is 1.15. The fourth-order valence-corrected chi connectivity index (χ4v) is 1.93. The molecule has 0 fully saturated rings. The van der Waals surface area contributed by atoms with Gasteiger partial charge in [-0.15, -0.1) is 5.10 Å². The lowest BCUT2D eigenvalue weighted by molar-refractivity contribution is -0.119. The van der Waals surface area contributed by atoms with Crippen LogP contribution in [0, 0.1) is 12.7 Å². The van der Waals surface area contributed by atoms with E-state index in [-0.39, 0.29) is 4.88 Å². The van der Waals surface area contributed by atoms with Gasteiger partial charge in [-0.2, -0.15) is 0 Å². The molecule has 0 bridgehead atoms. The van der Waals surface area contributed by atoms with Crippen molar-refractivity contribution in [1.82, 2.24) is 9.59 Å². The molecule has 0 radical (unpaired) electrons. The fourth-order valence-electron chi connectivity index (χ4n) is 1.38. The Morgan fingerprint density at radius 1 is 1.45 bits per heavy atom. The van der Waals surface area contributed by atoms with E-state index in [4.69, 9.17) is 4.74 Å². The third-order valence-corrected chi connectivity index (χ3v) is 3.09. The van der Waals surface area contributed by atoms with Crippen molar-refractivity contribution in [2.45, 2.75) is 6.92 Å². The van der Waals surface area contributed by atoms with Crippen molar-refractivity contribution in [3.63, 3.8) is 0 Å². The Hall–Kier alpha value is -2.35. The zero-order chi connectivity index (χ0) is 14.5. The van der Waals surface area contributed by atoms with Crippen molar-refractivity contribution in [2.24, 2.45) is 0 Å². The van der Waals surface area contributed by atoms with Gasteiger partial charge in [0, 0.05) is 5.69 Å². The summed E-state index contributed by atoms with van der Waals surface area (Å²) in [6.07, 6.45) is 0. The van der Waals surface area contributed by atoms with Gasteiger partial charge in [0.05, 0.1) is 5.69 Å². The third kappa shape index (κ3) is 3.58. The van der Waals surface area contributed by atoms with E-state index in [0.29, 0.717) is 11.4 Å². The van der Waals surface area contributed by atoms with E-state index in [1.807, 2.05) is 0 Å². The summed E-state index contributed by atoms with van der Waals surface area (Å²) in [5.74, 6) is -1.68. The minimum Gasteiger partial charge on any atom is -0.451 e. The molecule has 1 N–H and O–H groups in total. The fraction of sp³-hybridized carbons (Fsp3) is 0.167. The number of hydrogen-bond donors (Lipinski definition) is 1. The van der Waals surface area contributed by atoms with Crippen molar-refractivity contribution in [3.8, 4) is 0 Å². The summed E-state index contributed by atoms with van der Waals surface area (Å²) < 4.78 is 21.3. The highest BCUT2D eigenvalue weighted by molar-refractivity contribution is 7.07. The van der Waals surface area contributed by atoms with Crippen LogP contribution in [0.4, 0.5) is 10.1 Å². The standard InChI is InChI=1S/C12H10FN3O3S/c1-7-11(20-16-15-7)12(18)19-6-10(17)14-9-4-2-3-8(13)5-9/h2-5H,6H2,1H3,(H,14,17). The summed E-state index contributed by atoms with van der Waals surface area (Å²) in [4.78, 5) is 23.4. The quantitative estimate of drug-likeness (QED) is 0.870. The van der Waals surface area contributed by atoms with Gasteiger partial charge in [0.1, 0.15) is 5.82 Å². The molecule has 0 spiro atoms. The highest BCUT2D eigenvalue weighted by atomic mass is 32.1. The second-order valence-corrected chi connectivity index (χ2v) is 4.58. The van der Waals surface area contributed by atoms with E-state index in [1.165, 1.54) is 18.2 Å². The van der Waals surface area contributed by atoms with Crippen molar-refractivity contribution < 1.29 is 18.7 Å². The second-order valence-electron chi connectivity index (χ2n) is 3.82. The topological polar surface area (TPSA) is 81.2 Å². The van der Waals surface area contributed by atoms with Crippen molar-refractivity contribution in [3.05, 3.63) is 40.7 Å². The number of carbonyl (C=O) groups is 2. The number of nitrogens with zero attached hydrogens (tertiary/aromatic N) is 2. The van der Waals surface area contributed by atoms with E-state index in [2.05, 4.69) is 14.9 Å². The Balaban J connectivity index is 1.87. The predicted octanol–water partition coefficient (Wildman–Crippen LogP) is 1.78. The Labute approximate surface area is 117 Å². The first-order valence-corrected chi connectivity index (χ1v) is 6.35. The van der Waals surface area contributed by atoms with Crippen molar-refractivity contribution >= 4 is 29.1 Å². The molecule has 1 amide bonds. The van der Waals surface area contributed by atoms with Crippen molar-refractivity contribution in [2.75, 3.05) is 11.9 Å². The Bertz CT molecular complexity index is 644. The van der Waals surface area contributed by atoms with Gasteiger partial charge in [0.15, 0.2) is 11.5 Å². The lowest BCUT2D eigenvalue weighted by Crippen LogP contribution is -2.20. The number of carbonyl (C=O) groups excluding carboxylic acids is 2. The third-order valence-electron chi connectivity index (χ3n) is 2.28. The molecular weight excluding hydrogens is 285 g/mol. The first-order chi connectivity index (χ1) is 9.56. The van der Waals surface area contributed by atoms with Gasteiger partial charge in [0.2, 0.25) is 0 Å². The number of aryl methyl sites for hydroxylation is 1. The lowest BCUT2D eigenvalue weighted by Gasteiger charge is -2.05. The zero-order valence-electron chi connectivity index (χ0n) is 10.4. The minimum atomic E-state index is -0.660. The molecule has 0 aliphatic carbocycles. The van der Waals surface area contributed by atoms with Gasteiger partial charge in [-0.05, 0) is 36.7 Å². The second kappa shape index (κ2) is 6.20. The van der Waals surface area contributed by atoms with E-state index in [1.54, 1.807) is 6.92 Å². The molecule has 0 aliphatic heterocycles. The smallest absolute Gasteiger partial charge is 0.352 e. The van der Waals surface area contributed by atoms with Crippen LogP contribution in [0.3, 0.4) is 0 Å². The normalized spacial score (nSPS) is 10.1. The molecule has 0 saturated heterocycles. The van der Waals surface area contributed by atoms with E-state index < -0.39 is 24.3 Å². The number of hydrogen-bond acceptors (Lipinski definition) is 6. The molecule has 0 atom stereocenters. The maximum Gasteiger partial charge on any atom is 0.352 e. The van der Waals surface area contributed by atoms with Gasteiger partial charge in [-0.25, -0.2) is 9.18 Å². The van der Waals surface area contributed by atoms with Gasteiger partial charge >= 0.3 is 5.97 Å². The van der Waals surface area contributed by atoms with Crippen LogP contribution in [0.25, 0.3) is 0 Å². The SMILES string of the molecule is Cc1nnsc1C(=O)OCC(=O)Nc1cccc(F)c1. The molecule has 0 unspecified atom stereocenters. The average molecular weight is 295 g/mol. The van der Waals surface area contributed by atoms with Crippen LogP contribution in [0.2, 0.25) is 0 Å². The van der Waals surface area contributed by atoms with Gasteiger partial charge < -0.3 is 10.1 Å². The summed E-state index contributed by atoms with van der Waals surface area (Å²) in [7, 11) is 0. The van der Waals surface area contributed by atoms with Crippen LogP contribution < -0.4 is 5.32 Å². The van der Waals surface area contributed by atoms with Gasteiger partial charge in [-0.3, -0.25) is 4.79 Å². The van der Waals surface area contributed by atoms with Crippen LogP contribution in [0.5, 0.6) is 0 Å². The molecule has 0 saturated carbocycles. The molecular formula is C12H10FN3O3S. The number of rotatable bonds is 4. The van der Waals surface area contributed by atoms with Gasteiger partial charge in [0.25, 0.3) is 5.91 Å². The molecule has 20 heavy (non-hydrogen) atoms. The van der Waals surface area contributed by atoms with Gasteiger partial charge in [-0.1, -0.05) is 10.6 Å². The maximum absolute atomic E-state index is 12.9. The first kappa shape index (κ1) is 14.1. The highest BCUT2D eigenvalue weighted by Gasteiger charge is 2.16. The highest BCUT2D eigenvalue weighted by Crippen LogP contribution is 2.11. The Kier molecular flexibility index (Phi) is 4.36. The minimum absolute atomic E-state index is 0.253. The zero-order valence-corrected chi connectivity index (χ0v) is 11.2. The molecule has 2 rings (SSSR count). The molecule has 1 aromatic heterocycles. The Morgan fingerprint density at radius 2 is 2.25 bits per heavy atom. The number of amides is 1. The average Bonchev–Trinajstić information content (AvgIpc) is 2.82. The molecule has 1 heterocycles. The van der Waals surface area contributed by atoms with Crippen LogP contribution in [0.15, 0.2) is 24.3 Å². The van der Waals surface area contributed by atoms with E-state index in [0.717, 1.165) is 17.6 Å². The number of nitrogens with one attached hydrogen (secondary N) is 1. The van der Waals surface area contributed by atoms with E-state index >= 15 is 0 Å². The number of esters is 1. The summed E-state index contributed by atoms with van der Waals surface area (Å²) in [5, 5.41) is 6.08. The molecule has 1 aromatic carbocycles. The van der Waals surface area contributed by atoms with E-state index in [9.17, 15) is 14.0 Å². The Morgan fingerprint density at radius 3 is 2.90 bits per heavy atom. The predicted molar refractivity (Wildman–Crippen MR) is 70.0 cm³/mol. The van der Waals surface area contributed by atoms with Crippen molar-refractivity contribution in [1.29, 1.82) is 0 Å². The molecule has 8 heteroatoms. The first-order valence-electron chi connectivity index (χ1n) is 5.58. The number of benzene rings is 1. The monoisotopic (exact) mass is 295 g/mol. The molecule has 2 aromatic rings. The lowest BCUT2D eigenvalue weighted by atomic mass is 10.3. The largest absolute Gasteiger partial charge is 0.451 e. The number of halogens is 1. The van der Waals surface area contributed by atoms with Crippen LogP contribution in [-0.2, 0) is 9.53 Å². The van der Waals surface area contributed by atoms with Crippen LogP contribution in [-0.4, -0.2) is 28.1 Å². The number of aromatic nitrogens is 2. The molecule has 104 valence electrons. The number of ether oxygens (including phenoxy) is 1. The number of anilines is 1. The summed E-state index contributed by atoms with van der Waals surface area (Å²) >= 11 is 0.898.